The lowest BCUT2D eigenvalue weighted by atomic mass is 9.88. The minimum atomic E-state index is -2.73. The van der Waals surface area contributed by atoms with Crippen molar-refractivity contribution in [2.24, 2.45) is 35.3 Å². The highest BCUT2D eigenvalue weighted by Gasteiger charge is 2.37. The van der Waals surface area contributed by atoms with Crippen molar-refractivity contribution in [3.63, 3.8) is 0 Å². The van der Waals surface area contributed by atoms with Crippen molar-refractivity contribution < 1.29 is 71.7 Å². The van der Waals surface area contributed by atoms with Crippen LogP contribution < -0.4 is 21.7 Å². The van der Waals surface area contributed by atoms with Crippen LogP contribution in [0.2, 0.25) is 0 Å². The molecule has 0 fully saturated rings. The molecule has 0 aliphatic heterocycles. The van der Waals surface area contributed by atoms with E-state index < -0.39 is 157 Å². The first-order valence-corrected chi connectivity index (χ1v) is 25.5. The summed E-state index contributed by atoms with van der Waals surface area (Å²) in [6.07, 6.45) is -3.14. The van der Waals surface area contributed by atoms with Crippen molar-refractivity contribution >= 4 is 80.7 Å². The van der Waals surface area contributed by atoms with Gasteiger partial charge in [-0.3, -0.25) is 47.1 Å². The van der Waals surface area contributed by atoms with Crippen LogP contribution in [0, 0.1) is 29.6 Å². The Kier molecular flexibility index (Phi) is 25.5. The fourth-order valence-corrected chi connectivity index (χ4v) is 9.08. The minimum Gasteiger partial charge on any atom is -0.396 e. The molecule has 20 nitrogen and oxygen atoms in total. The SMILES string of the molecule is CC(=O)[C@H](COS(=O)O)CC(=O)[C@H](CO)NC(=O)[C@H](CO)CC(=O)[C@H](Cc1c[nH]c2ccccc12)NC(=O)[C@@H](CC(=O)[C@H](CSCc1ccccc1)NC(=O)[C@@H](CC(=O)[C@@H](N)[C@@H](C)O)CC(C)C)[C@@H](C)O. The van der Waals surface area contributed by atoms with Gasteiger partial charge < -0.3 is 47.1 Å². The molecule has 2 aromatic carbocycles. The molecule has 0 aliphatic carbocycles. The van der Waals surface area contributed by atoms with Crippen LogP contribution >= 0.6 is 11.8 Å². The Morgan fingerprint density at radius 3 is 1.86 bits per heavy atom. The number of hydrogen-bond acceptors (Lipinski definition) is 16. The van der Waals surface area contributed by atoms with Crippen molar-refractivity contribution in [2.45, 2.75) is 115 Å². The Hall–Kier alpha value is -5.04. The summed E-state index contributed by atoms with van der Waals surface area (Å²) in [4.78, 5) is 112. The van der Waals surface area contributed by atoms with Gasteiger partial charge >= 0.3 is 11.4 Å². The van der Waals surface area contributed by atoms with E-state index in [-0.39, 0.29) is 30.9 Å². The highest BCUT2D eigenvalue weighted by Crippen LogP contribution is 2.24. The number of aliphatic hydroxyl groups is 4. The van der Waals surface area contributed by atoms with Gasteiger partial charge in [0.1, 0.15) is 11.8 Å². The van der Waals surface area contributed by atoms with Gasteiger partial charge in [0.25, 0.3) is 0 Å². The number of thioether (sulfide) groups is 1. The van der Waals surface area contributed by atoms with Crippen LogP contribution in [0.4, 0.5) is 0 Å². The molecule has 392 valence electrons. The van der Waals surface area contributed by atoms with Gasteiger partial charge in [-0.1, -0.05) is 62.4 Å². The summed E-state index contributed by atoms with van der Waals surface area (Å²) in [5, 5.41) is 49.8. The van der Waals surface area contributed by atoms with E-state index >= 15 is 0 Å². The number of fused-ring (bicyclic) bond motifs is 1. The molecule has 3 amide bonds. The van der Waals surface area contributed by atoms with Crippen LogP contribution in [-0.4, -0.2) is 143 Å². The summed E-state index contributed by atoms with van der Waals surface area (Å²) in [6, 6.07) is 10.9. The maximum Gasteiger partial charge on any atom is 0.301 e. The van der Waals surface area contributed by atoms with Crippen molar-refractivity contribution in [3.05, 3.63) is 71.9 Å². The number of rotatable bonds is 34. The van der Waals surface area contributed by atoms with Gasteiger partial charge in [0, 0.05) is 72.5 Å². The molecular formula is C49H69N5O15S2. The molecule has 0 spiro atoms. The Bertz CT molecular complexity index is 2290. The second-order valence-corrected chi connectivity index (χ2v) is 19.9. The van der Waals surface area contributed by atoms with E-state index in [4.69, 9.17) is 10.3 Å². The Morgan fingerprint density at radius 2 is 1.27 bits per heavy atom. The number of aromatic nitrogens is 1. The van der Waals surface area contributed by atoms with Gasteiger partial charge in [-0.05, 0) is 50.3 Å². The predicted molar refractivity (Wildman–Crippen MR) is 265 cm³/mol. The van der Waals surface area contributed by atoms with Crippen molar-refractivity contribution in [1.82, 2.24) is 20.9 Å². The highest BCUT2D eigenvalue weighted by molar-refractivity contribution is 7.98. The van der Waals surface area contributed by atoms with E-state index in [0.29, 0.717) is 22.2 Å². The van der Waals surface area contributed by atoms with Crippen LogP contribution in [0.1, 0.15) is 77.8 Å². The van der Waals surface area contributed by atoms with E-state index in [2.05, 4.69) is 25.1 Å². The standard InChI is InChI=1S/C49H69N5O15S2/c1-27(2)15-32(17-45(63)46(50)30(5)59)47(64)54-41(26-70-25-31-11-7-6-8-12-31)44(62)20-37(29(4)58)49(66)52-39(16-33-21-51-38-14-10-9-13-36(33)38)42(60)18-34(22-55)48(65)53-40(23-56)43(61)19-35(28(3)57)24-69-71(67)68/h6-14,21,27,29-30,32,34-35,37,39-41,46,51,55-56,58-59H,15-20,22-26,50H2,1-5H3,(H,52,66)(H,53,65)(H,54,64)(H,67,68)/t29-,30-,32-,34+,35+,37+,39+,40+,41+,46+/m1/s1. The number of hydrogen-bond donors (Lipinski definition) is 10. The minimum absolute atomic E-state index is 0.0374. The maximum atomic E-state index is 14.3. The molecule has 11 atom stereocenters. The number of aromatic amines is 1. The molecule has 0 saturated heterocycles. The van der Waals surface area contributed by atoms with Crippen molar-refractivity contribution in [1.29, 1.82) is 0 Å². The number of benzene rings is 2. The number of H-pyrrole nitrogens is 1. The summed E-state index contributed by atoms with van der Waals surface area (Å²) in [6.45, 7) is 5.00. The van der Waals surface area contributed by atoms with E-state index in [1.165, 1.54) is 25.6 Å². The number of aliphatic hydroxyl groups excluding tert-OH is 4. The molecule has 0 aliphatic rings. The summed E-state index contributed by atoms with van der Waals surface area (Å²) < 4.78 is 24.5. The average Bonchev–Trinajstić information content (AvgIpc) is 3.73. The Morgan fingerprint density at radius 1 is 0.704 bits per heavy atom. The summed E-state index contributed by atoms with van der Waals surface area (Å²) in [5.74, 6) is -10.6. The first kappa shape index (κ1) is 60.3. The first-order chi connectivity index (χ1) is 33.6. The summed E-state index contributed by atoms with van der Waals surface area (Å²) in [5.41, 5.74) is 8.10. The molecule has 22 heteroatoms. The van der Waals surface area contributed by atoms with E-state index in [1.54, 1.807) is 30.5 Å². The lowest BCUT2D eigenvalue weighted by Gasteiger charge is -2.27. The summed E-state index contributed by atoms with van der Waals surface area (Å²) >= 11 is -1.41. The molecule has 1 unspecified atom stereocenters. The van der Waals surface area contributed by atoms with Crippen molar-refractivity contribution in [3.8, 4) is 0 Å². The van der Waals surface area contributed by atoms with Gasteiger partial charge in [0.05, 0.1) is 62.0 Å². The van der Waals surface area contributed by atoms with Gasteiger partial charge in [-0.25, -0.2) is 0 Å². The second kappa shape index (κ2) is 30.1. The number of nitrogens with one attached hydrogen (secondary N) is 4. The normalized spacial score (nSPS) is 16.3. The Balaban J connectivity index is 1.91. The fourth-order valence-electron chi connectivity index (χ4n) is 7.75. The number of nitrogens with two attached hydrogens (primary N) is 1. The third-order valence-electron chi connectivity index (χ3n) is 12.0. The van der Waals surface area contributed by atoms with E-state index in [1.807, 2.05) is 44.2 Å². The molecule has 0 bridgehead atoms. The summed E-state index contributed by atoms with van der Waals surface area (Å²) in [7, 11) is 0. The molecule has 3 rings (SSSR count). The largest absolute Gasteiger partial charge is 0.396 e. The van der Waals surface area contributed by atoms with Crippen LogP contribution in [0.3, 0.4) is 0 Å². The zero-order valence-corrected chi connectivity index (χ0v) is 42.2. The third kappa shape index (κ3) is 19.8. The molecule has 11 N–H and O–H groups in total. The zero-order valence-electron chi connectivity index (χ0n) is 40.6. The maximum absolute atomic E-state index is 14.3. The van der Waals surface area contributed by atoms with Crippen LogP contribution in [-0.2, 0) is 66.1 Å². The van der Waals surface area contributed by atoms with Crippen molar-refractivity contribution in [2.75, 3.05) is 25.6 Å². The van der Waals surface area contributed by atoms with E-state index in [0.717, 1.165) is 12.5 Å². The van der Waals surface area contributed by atoms with Gasteiger partial charge in [0.2, 0.25) is 17.7 Å². The lowest BCUT2D eigenvalue weighted by molar-refractivity contribution is -0.138. The van der Waals surface area contributed by atoms with Gasteiger partial charge in [-0.15, -0.1) is 0 Å². The fraction of sp³-hybridized carbons (Fsp3) is 0.551. The predicted octanol–water partition coefficient (Wildman–Crippen LogP) is 1.26. The second-order valence-electron chi connectivity index (χ2n) is 18.2. The number of carbonyl (C=O) groups is 8. The molecule has 71 heavy (non-hydrogen) atoms. The molecule has 3 aromatic rings. The van der Waals surface area contributed by atoms with Crippen LogP contribution in [0.15, 0.2) is 60.8 Å². The highest BCUT2D eigenvalue weighted by atomic mass is 32.2. The number of carbonyl (C=O) groups excluding carboxylic acids is 8. The molecule has 1 heterocycles. The monoisotopic (exact) mass is 1030 g/mol. The molecule has 0 radical (unpaired) electrons. The zero-order chi connectivity index (χ0) is 52.9. The quantitative estimate of drug-likeness (QED) is 0.0377. The van der Waals surface area contributed by atoms with Crippen LogP contribution in [0.25, 0.3) is 10.9 Å². The molecule has 1 aromatic heterocycles. The van der Waals surface area contributed by atoms with E-state index in [9.17, 15) is 63.0 Å². The van der Waals surface area contributed by atoms with Gasteiger partial charge in [-0.2, -0.15) is 16.0 Å². The van der Waals surface area contributed by atoms with Gasteiger partial charge in [0.15, 0.2) is 23.1 Å². The smallest absolute Gasteiger partial charge is 0.301 e. The number of amides is 3. The topological polar surface area (TPSA) is 342 Å². The van der Waals surface area contributed by atoms with Crippen LogP contribution in [0.5, 0.6) is 0 Å². The number of ketones is 5. The third-order valence-corrected chi connectivity index (χ3v) is 13.5. The Labute approximate surface area is 419 Å². The lowest BCUT2D eigenvalue weighted by Crippen LogP contribution is -2.51. The number of Topliss-reactive ketones (excluding diaryl/α,β-unsaturated/α-hetero) is 5. The average molecular weight is 1030 g/mol. The molecular weight excluding hydrogens is 963 g/mol. The number of para-hydroxylation sites is 1. The first-order valence-electron chi connectivity index (χ1n) is 23.3. The molecule has 0 saturated carbocycles.